The molecule has 1 heterocycles. The van der Waals surface area contributed by atoms with Crippen LogP contribution in [-0.4, -0.2) is 41.2 Å². The van der Waals surface area contributed by atoms with Crippen molar-refractivity contribution in [1.82, 2.24) is 10.2 Å². The highest BCUT2D eigenvalue weighted by molar-refractivity contribution is 5.92. The zero-order chi connectivity index (χ0) is 19.3. The molecular formula is C20H29N3O3. The van der Waals surface area contributed by atoms with Gasteiger partial charge in [0.1, 0.15) is 12.1 Å². The van der Waals surface area contributed by atoms with Gasteiger partial charge in [0.15, 0.2) is 0 Å². The van der Waals surface area contributed by atoms with E-state index in [4.69, 9.17) is 5.73 Å². The van der Waals surface area contributed by atoms with E-state index in [0.717, 1.165) is 18.4 Å². The van der Waals surface area contributed by atoms with Gasteiger partial charge in [-0.05, 0) is 37.2 Å². The van der Waals surface area contributed by atoms with Crippen molar-refractivity contribution in [2.75, 3.05) is 6.54 Å². The van der Waals surface area contributed by atoms with Crippen molar-refractivity contribution >= 4 is 17.7 Å². The fraction of sp³-hybridized carbons (Fsp3) is 0.550. The lowest BCUT2D eigenvalue weighted by atomic mass is 9.80. The standard InChI is InChI=1S/C20H29N3O3/c1-14(18(21)25)23-13-7-12-20(2,3)17(19(23)26)22-16(24)11-10-15-8-5-4-6-9-15/h4-6,8-9,14,17H,7,10-13H2,1-3H3,(H2,21,25)(H,22,24)/t14-,17+/m0/s1. The van der Waals surface area contributed by atoms with Crippen molar-refractivity contribution in [3.63, 3.8) is 0 Å². The third kappa shape index (κ3) is 4.84. The van der Waals surface area contributed by atoms with E-state index >= 15 is 0 Å². The van der Waals surface area contributed by atoms with Crippen molar-refractivity contribution < 1.29 is 14.4 Å². The summed E-state index contributed by atoms with van der Waals surface area (Å²) in [4.78, 5) is 38.5. The molecule has 0 saturated carbocycles. The van der Waals surface area contributed by atoms with Gasteiger partial charge >= 0.3 is 0 Å². The zero-order valence-corrected chi connectivity index (χ0v) is 15.8. The molecule has 6 heteroatoms. The minimum atomic E-state index is -0.680. The number of amides is 3. The maximum absolute atomic E-state index is 13.0. The lowest BCUT2D eigenvalue weighted by Crippen LogP contribution is -2.57. The normalized spacial score (nSPS) is 21.0. The van der Waals surface area contributed by atoms with E-state index in [1.807, 2.05) is 44.2 Å². The molecular weight excluding hydrogens is 330 g/mol. The average Bonchev–Trinajstić information content (AvgIpc) is 2.71. The van der Waals surface area contributed by atoms with E-state index in [2.05, 4.69) is 5.32 Å². The molecule has 1 aromatic carbocycles. The van der Waals surface area contributed by atoms with Crippen molar-refractivity contribution in [1.29, 1.82) is 0 Å². The first-order valence-electron chi connectivity index (χ1n) is 9.15. The number of nitrogens with zero attached hydrogens (tertiary/aromatic N) is 1. The van der Waals surface area contributed by atoms with Crippen molar-refractivity contribution in [2.45, 2.75) is 58.5 Å². The first-order chi connectivity index (χ1) is 12.2. The van der Waals surface area contributed by atoms with Gasteiger partial charge in [-0.1, -0.05) is 44.2 Å². The summed E-state index contributed by atoms with van der Waals surface area (Å²) in [6, 6.07) is 8.43. The van der Waals surface area contributed by atoms with Crippen LogP contribution in [0.15, 0.2) is 30.3 Å². The summed E-state index contributed by atoms with van der Waals surface area (Å²) in [7, 11) is 0. The van der Waals surface area contributed by atoms with Crippen molar-refractivity contribution in [3.8, 4) is 0 Å². The molecule has 6 nitrogen and oxygen atoms in total. The summed E-state index contributed by atoms with van der Waals surface area (Å²) in [5, 5.41) is 2.91. The van der Waals surface area contributed by atoms with Gasteiger partial charge in [0.05, 0.1) is 0 Å². The first-order valence-corrected chi connectivity index (χ1v) is 9.15. The Bertz CT molecular complexity index is 658. The number of hydrogen-bond acceptors (Lipinski definition) is 3. The minimum absolute atomic E-state index is 0.158. The molecule has 0 bridgehead atoms. The molecule has 26 heavy (non-hydrogen) atoms. The largest absolute Gasteiger partial charge is 0.368 e. The lowest BCUT2D eigenvalue weighted by molar-refractivity contribution is -0.143. The van der Waals surface area contributed by atoms with Crippen molar-refractivity contribution in [3.05, 3.63) is 35.9 Å². The minimum Gasteiger partial charge on any atom is -0.368 e. The molecule has 0 aromatic heterocycles. The molecule has 0 aliphatic carbocycles. The molecule has 0 radical (unpaired) electrons. The average molecular weight is 359 g/mol. The van der Waals surface area contributed by atoms with Gasteiger partial charge in [-0.2, -0.15) is 0 Å². The molecule has 3 N–H and O–H groups in total. The van der Waals surface area contributed by atoms with Crippen LogP contribution in [-0.2, 0) is 20.8 Å². The predicted octanol–water partition coefficient (Wildman–Crippen LogP) is 1.63. The first kappa shape index (κ1) is 19.9. The predicted molar refractivity (Wildman–Crippen MR) is 100 cm³/mol. The zero-order valence-electron chi connectivity index (χ0n) is 15.8. The second-order valence-electron chi connectivity index (χ2n) is 7.69. The SMILES string of the molecule is C[C@@H](C(N)=O)N1CCCC(C)(C)[C@H](NC(=O)CCc2ccccc2)C1=O. The van der Waals surface area contributed by atoms with Gasteiger partial charge in [-0.25, -0.2) is 0 Å². The van der Waals surface area contributed by atoms with Gasteiger partial charge in [-0.3, -0.25) is 14.4 Å². The van der Waals surface area contributed by atoms with E-state index in [1.165, 1.54) is 4.90 Å². The number of likely N-dealkylation sites (tertiary alicyclic amines) is 1. The third-order valence-corrected chi connectivity index (χ3v) is 5.20. The highest BCUT2D eigenvalue weighted by Gasteiger charge is 2.42. The Labute approximate surface area is 155 Å². The van der Waals surface area contributed by atoms with Gasteiger partial charge in [-0.15, -0.1) is 0 Å². The quantitative estimate of drug-likeness (QED) is 0.808. The van der Waals surface area contributed by atoms with E-state index in [-0.39, 0.29) is 17.2 Å². The summed E-state index contributed by atoms with van der Waals surface area (Å²) in [5.74, 6) is -0.923. The smallest absolute Gasteiger partial charge is 0.246 e. The van der Waals surface area contributed by atoms with Crippen LogP contribution in [0.4, 0.5) is 0 Å². The Morgan fingerprint density at radius 1 is 1.31 bits per heavy atom. The van der Waals surface area contributed by atoms with Crippen LogP contribution >= 0.6 is 0 Å². The Morgan fingerprint density at radius 3 is 2.58 bits per heavy atom. The maximum Gasteiger partial charge on any atom is 0.246 e. The Balaban J connectivity index is 2.08. The molecule has 3 amide bonds. The van der Waals surface area contributed by atoms with E-state index in [9.17, 15) is 14.4 Å². The molecule has 1 saturated heterocycles. The summed E-state index contributed by atoms with van der Waals surface area (Å²) in [5.41, 5.74) is 6.08. The molecule has 142 valence electrons. The molecule has 1 aromatic rings. The van der Waals surface area contributed by atoms with Gasteiger partial charge in [0.25, 0.3) is 0 Å². The second-order valence-corrected chi connectivity index (χ2v) is 7.69. The van der Waals surface area contributed by atoms with Gasteiger partial charge < -0.3 is 16.0 Å². The third-order valence-electron chi connectivity index (χ3n) is 5.20. The monoisotopic (exact) mass is 359 g/mol. The van der Waals surface area contributed by atoms with Crippen molar-refractivity contribution in [2.24, 2.45) is 11.1 Å². The number of primary amides is 1. The van der Waals surface area contributed by atoms with Crippen LogP contribution in [0.1, 0.15) is 45.6 Å². The van der Waals surface area contributed by atoms with Crippen LogP contribution in [0.3, 0.4) is 0 Å². The summed E-state index contributed by atoms with van der Waals surface area (Å²) < 4.78 is 0. The molecule has 2 rings (SSSR count). The summed E-state index contributed by atoms with van der Waals surface area (Å²) >= 11 is 0. The highest BCUT2D eigenvalue weighted by atomic mass is 16.2. The number of nitrogens with two attached hydrogens (primary N) is 1. The van der Waals surface area contributed by atoms with Crippen LogP contribution in [0.5, 0.6) is 0 Å². The topological polar surface area (TPSA) is 92.5 Å². The number of carbonyl (C=O) groups is 3. The number of benzene rings is 1. The van der Waals surface area contributed by atoms with Crippen LogP contribution in [0.2, 0.25) is 0 Å². The lowest BCUT2D eigenvalue weighted by Gasteiger charge is -2.35. The number of carbonyl (C=O) groups excluding carboxylic acids is 3. The number of aryl methyl sites for hydroxylation is 1. The Kier molecular flexibility index (Phi) is 6.40. The fourth-order valence-corrected chi connectivity index (χ4v) is 3.39. The van der Waals surface area contributed by atoms with Crippen LogP contribution in [0.25, 0.3) is 0 Å². The van der Waals surface area contributed by atoms with E-state index in [0.29, 0.717) is 19.4 Å². The van der Waals surface area contributed by atoms with Crippen LogP contribution < -0.4 is 11.1 Å². The van der Waals surface area contributed by atoms with Gasteiger partial charge in [0, 0.05) is 13.0 Å². The molecule has 1 aliphatic rings. The second kappa shape index (κ2) is 8.34. The van der Waals surface area contributed by atoms with Gasteiger partial charge in [0.2, 0.25) is 17.7 Å². The van der Waals surface area contributed by atoms with Crippen LogP contribution in [0, 0.1) is 5.41 Å². The fourth-order valence-electron chi connectivity index (χ4n) is 3.39. The Morgan fingerprint density at radius 2 is 1.96 bits per heavy atom. The molecule has 1 aliphatic heterocycles. The molecule has 0 spiro atoms. The number of nitrogens with one attached hydrogen (secondary N) is 1. The van der Waals surface area contributed by atoms with E-state index in [1.54, 1.807) is 6.92 Å². The summed E-state index contributed by atoms with van der Waals surface area (Å²) in [6.07, 6.45) is 2.49. The molecule has 1 fully saturated rings. The number of hydrogen-bond donors (Lipinski definition) is 2. The van der Waals surface area contributed by atoms with E-state index < -0.39 is 18.0 Å². The molecule has 2 atom stereocenters. The summed E-state index contributed by atoms with van der Waals surface area (Å²) in [6.45, 7) is 6.06. The highest BCUT2D eigenvalue weighted by Crippen LogP contribution is 2.32. The Hall–Kier alpha value is -2.37. The molecule has 0 unspecified atom stereocenters. The maximum atomic E-state index is 13.0. The number of rotatable bonds is 6.